The van der Waals surface area contributed by atoms with Crippen molar-refractivity contribution in [2.75, 3.05) is 20.3 Å². The largest absolute Gasteiger partial charge is 0.463 e. The Kier molecular flexibility index (Phi) is 4.49. The number of halogens is 3. The first-order valence-electron chi connectivity index (χ1n) is 4.69. The van der Waals surface area contributed by atoms with E-state index in [0.29, 0.717) is 0 Å². The van der Waals surface area contributed by atoms with E-state index in [1.54, 1.807) is 0 Å². The van der Waals surface area contributed by atoms with Crippen LogP contribution in [0.1, 0.15) is 21.1 Å². The first kappa shape index (κ1) is 14.2. The number of furan rings is 1. The summed E-state index contributed by atoms with van der Waals surface area (Å²) in [5.74, 6) is -2.06. The molecule has 0 amide bonds. The Balaban J connectivity index is 2.52. The van der Waals surface area contributed by atoms with Gasteiger partial charge >= 0.3 is 12.1 Å². The average molecular weight is 266 g/mol. The molecule has 0 aliphatic heterocycles. The SMILES string of the molecule is COC(=O)c1ccc(C(=O)COCC(F)(F)F)o1. The lowest BCUT2D eigenvalue weighted by molar-refractivity contribution is -0.171. The van der Waals surface area contributed by atoms with Crippen LogP contribution in [0.2, 0.25) is 0 Å². The Morgan fingerprint density at radius 3 is 2.44 bits per heavy atom. The summed E-state index contributed by atoms with van der Waals surface area (Å²) in [7, 11) is 1.12. The highest BCUT2D eigenvalue weighted by Gasteiger charge is 2.28. The van der Waals surface area contributed by atoms with Gasteiger partial charge in [0, 0.05) is 0 Å². The molecule has 0 unspecified atom stereocenters. The van der Waals surface area contributed by atoms with Gasteiger partial charge in [-0.3, -0.25) is 4.79 Å². The summed E-state index contributed by atoms with van der Waals surface area (Å²) in [5, 5.41) is 0. The van der Waals surface area contributed by atoms with Crippen LogP contribution < -0.4 is 0 Å². The molecule has 8 heteroatoms. The van der Waals surface area contributed by atoms with Crippen LogP contribution in [0.25, 0.3) is 0 Å². The number of ether oxygens (including phenoxy) is 2. The van der Waals surface area contributed by atoms with Gasteiger partial charge in [0.15, 0.2) is 5.76 Å². The molecule has 0 N–H and O–H groups in total. The standard InChI is InChI=1S/C10H9F3O5/c1-16-9(15)8-3-2-7(18-8)6(14)4-17-5-10(11,12)13/h2-3H,4-5H2,1H3. The van der Waals surface area contributed by atoms with Crippen molar-refractivity contribution in [1.82, 2.24) is 0 Å². The summed E-state index contributed by atoms with van der Waals surface area (Å²) in [4.78, 5) is 22.3. The molecule has 1 aromatic rings. The number of Topliss-reactive ketones (excluding diaryl/α,β-unsaturated/α-hetero) is 1. The second-order valence-electron chi connectivity index (χ2n) is 3.19. The van der Waals surface area contributed by atoms with E-state index in [9.17, 15) is 22.8 Å². The van der Waals surface area contributed by atoms with E-state index < -0.39 is 31.1 Å². The van der Waals surface area contributed by atoms with Gasteiger partial charge in [-0.2, -0.15) is 13.2 Å². The number of carbonyl (C=O) groups is 2. The summed E-state index contributed by atoms with van der Waals surface area (Å²) < 4.78 is 48.5. The van der Waals surface area contributed by atoms with Crippen molar-refractivity contribution in [3.8, 4) is 0 Å². The molecule has 100 valence electrons. The van der Waals surface area contributed by atoms with Gasteiger partial charge in [0.1, 0.15) is 13.2 Å². The van der Waals surface area contributed by atoms with Crippen LogP contribution in [-0.4, -0.2) is 38.3 Å². The molecule has 1 aromatic heterocycles. The van der Waals surface area contributed by atoms with Gasteiger partial charge < -0.3 is 13.9 Å². The van der Waals surface area contributed by atoms with Crippen LogP contribution >= 0.6 is 0 Å². The van der Waals surface area contributed by atoms with Crippen LogP contribution in [0.15, 0.2) is 16.5 Å². The molecule has 0 aromatic carbocycles. The molecule has 0 bridgehead atoms. The fourth-order valence-corrected chi connectivity index (χ4v) is 1.03. The monoisotopic (exact) mass is 266 g/mol. The summed E-state index contributed by atoms with van der Waals surface area (Å²) in [5.41, 5.74) is 0. The number of hydrogen-bond acceptors (Lipinski definition) is 5. The summed E-state index contributed by atoms with van der Waals surface area (Å²) in [6.07, 6.45) is -4.50. The van der Waals surface area contributed by atoms with Crippen LogP contribution in [0.3, 0.4) is 0 Å². The van der Waals surface area contributed by atoms with E-state index in [-0.39, 0.29) is 11.5 Å². The topological polar surface area (TPSA) is 65.7 Å². The molecule has 0 aliphatic carbocycles. The third-order valence-corrected chi connectivity index (χ3v) is 1.77. The van der Waals surface area contributed by atoms with Gasteiger partial charge in [-0.15, -0.1) is 0 Å². The molecular weight excluding hydrogens is 257 g/mol. The minimum Gasteiger partial charge on any atom is -0.463 e. The third-order valence-electron chi connectivity index (χ3n) is 1.77. The molecule has 0 aliphatic rings. The lowest BCUT2D eigenvalue weighted by Crippen LogP contribution is -2.20. The molecule has 5 nitrogen and oxygen atoms in total. The van der Waals surface area contributed by atoms with Crippen molar-refractivity contribution in [2.45, 2.75) is 6.18 Å². The second-order valence-corrected chi connectivity index (χ2v) is 3.19. The predicted molar refractivity (Wildman–Crippen MR) is 51.3 cm³/mol. The number of alkyl halides is 3. The highest BCUT2D eigenvalue weighted by atomic mass is 19.4. The first-order valence-corrected chi connectivity index (χ1v) is 4.69. The van der Waals surface area contributed by atoms with Gasteiger partial charge in [0.25, 0.3) is 0 Å². The third kappa shape index (κ3) is 4.21. The zero-order chi connectivity index (χ0) is 13.8. The van der Waals surface area contributed by atoms with E-state index in [0.717, 1.165) is 13.2 Å². The van der Waals surface area contributed by atoms with Gasteiger partial charge in [-0.1, -0.05) is 0 Å². The number of methoxy groups -OCH3 is 1. The van der Waals surface area contributed by atoms with Crippen molar-refractivity contribution in [2.24, 2.45) is 0 Å². The Hall–Kier alpha value is -1.83. The summed E-state index contributed by atoms with van der Waals surface area (Å²) in [6.45, 7) is -2.31. The fraction of sp³-hybridized carbons (Fsp3) is 0.400. The number of esters is 1. The Morgan fingerprint density at radius 1 is 1.28 bits per heavy atom. The number of ketones is 1. The van der Waals surface area contributed by atoms with Crippen molar-refractivity contribution < 1.29 is 36.7 Å². The molecule has 0 spiro atoms. The van der Waals surface area contributed by atoms with Crippen LogP contribution in [0.5, 0.6) is 0 Å². The molecule has 0 atom stereocenters. The van der Waals surface area contributed by atoms with Crippen LogP contribution in [-0.2, 0) is 9.47 Å². The zero-order valence-corrected chi connectivity index (χ0v) is 9.24. The van der Waals surface area contributed by atoms with Gasteiger partial charge in [-0.05, 0) is 12.1 Å². The van der Waals surface area contributed by atoms with Crippen molar-refractivity contribution in [1.29, 1.82) is 0 Å². The van der Waals surface area contributed by atoms with Gasteiger partial charge in [-0.25, -0.2) is 4.79 Å². The van der Waals surface area contributed by atoms with Gasteiger partial charge in [0.2, 0.25) is 11.5 Å². The Morgan fingerprint density at radius 2 is 1.89 bits per heavy atom. The maximum absolute atomic E-state index is 11.7. The molecule has 1 heterocycles. The van der Waals surface area contributed by atoms with Crippen molar-refractivity contribution in [3.05, 3.63) is 23.7 Å². The van der Waals surface area contributed by atoms with E-state index in [1.807, 2.05) is 0 Å². The maximum Gasteiger partial charge on any atom is 0.411 e. The molecule has 0 fully saturated rings. The number of hydrogen-bond donors (Lipinski definition) is 0. The predicted octanol–water partition coefficient (Wildman–Crippen LogP) is 1.83. The first-order chi connectivity index (χ1) is 8.33. The molecule has 18 heavy (non-hydrogen) atoms. The Labute approximate surface area is 99.5 Å². The second kappa shape index (κ2) is 5.67. The quantitative estimate of drug-likeness (QED) is 0.600. The number of rotatable bonds is 5. The molecule has 0 saturated carbocycles. The molecule has 0 radical (unpaired) electrons. The lowest BCUT2D eigenvalue weighted by Gasteiger charge is -2.05. The Bertz CT molecular complexity index is 435. The zero-order valence-electron chi connectivity index (χ0n) is 9.24. The van der Waals surface area contributed by atoms with Crippen molar-refractivity contribution >= 4 is 11.8 Å². The maximum atomic E-state index is 11.7. The molecule has 0 saturated heterocycles. The normalized spacial score (nSPS) is 11.3. The van der Waals surface area contributed by atoms with E-state index >= 15 is 0 Å². The molecule has 1 rings (SSSR count). The van der Waals surface area contributed by atoms with Crippen LogP contribution in [0.4, 0.5) is 13.2 Å². The van der Waals surface area contributed by atoms with Crippen molar-refractivity contribution in [3.63, 3.8) is 0 Å². The fourth-order valence-electron chi connectivity index (χ4n) is 1.03. The molecular formula is C10H9F3O5. The number of carbonyl (C=O) groups excluding carboxylic acids is 2. The lowest BCUT2D eigenvalue weighted by atomic mass is 10.3. The van der Waals surface area contributed by atoms with E-state index in [4.69, 9.17) is 4.42 Å². The van der Waals surface area contributed by atoms with Crippen LogP contribution in [0, 0.1) is 0 Å². The van der Waals surface area contributed by atoms with E-state index in [2.05, 4.69) is 9.47 Å². The highest BCUT2D eigenvalue weighted by Crippen LogP contribution is 2.15. The summed E-state index contributed by atoms with van der Waals surface area (Å²) >= 11 is 0. The average Bonchev–Trinajstić information content (AvgIpc) is 2.75. The highest BCUT2D eigenvalue weighted by molar-refractivity contribution is 5.96. The minimum atomic E-state index is -4.50. The summed E-state index contributed by atoms with van der Waals surface area (Å²) in [6, 6.07) is 2.34. The minimum absolute atomic E-state index is 0.211. The van der Waals surface area contributed by atoms with E-state index in [1.165, 1.54) is 6.07 Å². The smallest absolute Gasteiger partial charge is 0.411 e. The van der Waals surface area contributed by atoms with Gasteiger partial charge in [0.05, 0.1) is 7.11 Å².